The molecule has 2 heterocycles. The fourth-order valence-corrected chi connectivity index (χ4v) is 2.62. The first kappa shape index (κ1) is 14.7. The SMILES string of the molecule is CC(C)(C)c1nsc(NCc2coc(-c3ccccc3)n2)n1. The average molecular weight is 314 g/mol. The second kappa shape index (κ2) is 5.88. The van der Waals surface area contributed by atoms with Gasteiger partial charge in [-0.05, 0) is 12.1 Å². The Morgan fingerprint density at radius 2 is 1.91 bits per heavy atom. The van der Waals surface area contributed by atoms with Gasteiger partial charge in [0.25, 0.3) is 0 Å². The minimum absolute atomic E-state index is 0.0369. The lowest BCUT2D eigenvalue weighted by molar-refractivity contribution is 0.555. The molecule has 6 heteroatoms. The molecule has 0 aliphatic carbocycles. The minimum Gasteiger partial charge on any atom is -0.444 e. The van der Waals surface area contributed by atoms with Crippen LogP contribution in [0.15, 0.2) is 41.0 Å². The molecule has 3 rings (SSSR count). The van der Waals surface area contributed by atoms with Crippen LogP contribution in [0.3, 0.4) is 0 Å². The highest BCUT2D eigenvalue weighted by atomic mass is 32.1. The molecule has 0 aliphatic heterocycles. The van der Waals surface area contributed by atoms with E-state index < -0.39 is 0 Å². The fraction of sp³-hybridized carbons (Fsp3) is 0.312. The summed E-state index contributed by atoms with van der Waals surface area (Å²) in [6, 6.07) is 9.85. The number of hydrogen-bond donors (Lipinski definition) is 1. The van der Waals surface area contributed by atoms with Crippen LogP contribution in [0.5, 0.6) is 0 Å². The first-order valence-electron chi connectivity index (χ1n) is 7.10. The molecule has 0 unspecified atom stereocenters. The molecule has 114 valence electrons. The number of hydrogen-bond acceptors (Lipinski definition) is 6. The zero-order valence-electron chi connectivity index (χ0n) is 12.8. The molecule has 22 heavy (non-hydrogen) atoms. The van der Waals surface area contributed by atoms with Crippen LogP contribution in [0.25, 0.3) is 11.5 Å². The molecule has 0 bridgehead atoms. The maximum absolute atomic E-state index is 5.51. The Morgan fingerprint density at radius 3 is 2.59 bits per heavy atom. The summed E-state index contributed by atoms with van der Waals surface area (Å²) >= 11 is 1.37. The van der Waals surface area contributed by atoms with Gasteiger partial charge in [0.05, 0.1) is 12.2 Å². The van der Waals surface area contributed by atoms with E-state index in [1.165, 1.54) is 11.5 Å². The van der Waals surface area contributed by atoms with Gasteiger partial charge in [-0.15, -0.1) is 0 Å². The van der Waals surface area contributed by atoms with Crippen molar-refractivity contribution in [2.24, 2.45) is 0 Å². The first-order valence-corrected chi connectivity index (χ1v) is 7.87. The molecule has 1 N–H and O–H groups in total. The van der Waals surface area contributed by atoms with Crippen molar-refractivity contribution in [3.05, 3.63) is 48.1 Å². The summed E-state index contributed by atoms with van der Waals surface area (Å²) < 4.78 is 9.89. The van der Waals surface area contributed by atoms with E-state index in [9.17, 15) is 0 Å². The van der Waals surface area contributed by atoms with Gasteiger partial charge in [-0.25, -0.2) is 9.97 Å². The quantitative estimate of drug-likeness (QED) is 0.785. The third-order valence-electron chi connectivity index (χ3n) is 3.09. The maximum Gasteiger partial charge on any atom is 0.226 e. The highest BCUT2D eigenvalue weighted by Crippen LogP contribution is 2.23. The van der Waals surface area contributed by atoms with E-state index in [-0.39, 0.29) is 5.41 Å². The van der Waals surface area contributed by atoms with Gasteiger partial charge < -0.3 is 9.73 Å². The molecule has 0 saturated heterocycles. The Morgan fingerprint density at radius 1 is 1.14 bits per heavy atom. The van der Waals surface area contributed by atoms with Crippen molar-refractivity contribution >= 4 is 16.7 Å². The fourth-order valence-electron chi connectivity index (χ4n) is 1.87. The van der Waals surface area contributed by atoms with Crippen molar-refractivity contribution < 1.29 is 4.42 Å². The van der Waals surface area contributed by atoms with Crippen LogP contribution in [-0.4, -0.2) is 14.3 Å². The van der Waals surface area contributed by atoms with Crippen LogP contribution < -0.4 is 5.32 Å². The van der Waals surface area contributed by atoms with Crippen LogP contribution in [0.1, 0.15) is 32.3 Å². The Hall–Kier alpha value is -2.21. The van der Waals surface area contributed by atoms with Crippen LogP contribution >= 0.6 is 11.5 Å². The number of nitrogens with zero attached hydrogens (tertiary/aromatic N) is 3. The monoisotopic (exact) mass is 314 g/mol. The predicted molar refractivity (Wildman–Crippen MR) is 87.9 cm³/mol. The number of nitrogens with one attached hydrogen (secondary N) is 1. The molecule has 3 aromatic rings. The smallest absolute Gasteiger partial charge is 0.226 e. The van der Waals surface area contributed by atoms with Crippen molar-refractivity contribution in [2.75, 3.05) is 5.32 Å². The molecular weight excluding hydrogens is 296 g/mol. The van der Waals surface area contributed by atoms with Gasteiger partial charge in [0.1, 0.15) is 12.1 Å². The van der Waals surface area contributed by atoms with Crippen molar-refractivity contribution in [2.45, 2.75) is 32.7 Å². The van der Waals surface area contributed by atoms with Gasteiger partial charge >= 0.3 is 0 Å². The van der Waals surface area contributed by atoms with Gasteiger partial charge in [-0.1, -0.05) is 39.0 Å². The lowest BCUT2D eigenvalue weighted by atomic mass is 9.96. The Labute approximate surface area is 133 Å². The normalized spacial score (nSPS) is 11.6. The van der Waals surface area contributed by atoms with Gasteiger partial charge in [0, 0.05) is 22.5 Å². The summed E-state index contributed by atoms with van der Waals surface area (Å²) in [6.45, 7) is 6.86. The minimum atomic E-state index is -0.0369. The highest BCUT2D eigenvalue weighted by molar-refractivity contribution is 7.09. The molecule has 0 saturated carbocycles. The lowest BCUT2D eigenvalue weighted by Gasteiger charge is -2.12. The Bertz CT molecular complexity index is 743. The van der Waals surface area contributed by atoms with E-state index in [4.69, 9.17) is 4.42 Å². The summed E-state index contributed by atoms with van der Waals surface area (Å²) in [5.74, 6) is 1.48. The van der Waals surface area contributed by atoms with Crippen LogP contribution in [0.2, 0.25) is 0 Å². The van der Waals surface area contributed by atoms with E-state index in [2.05, 4.69) is 40.4 Å². The molecule has 0 atom stereocenters. The molecule has 5 nitrogen and oxygen atoms in total. The molecule has 0 aliphatic rings. The highest BCUT2D eigenvalue weighted by Gasteiger charge is 2.19. The number of anilines is 1. The van der Waals surface area contributed by atoms with E-state index in [1.54, 1.807) is 6.26 Å². The van der Waals surface area contributed by atoms with Crippen molar-refractivity contribution in [1.82, 2.24) is 14.3 Å². The van der Waals surface area contributed by atoms with Gasteiger partial charge in [0.15, 0.2) is 0 Å². The molecular formula is C16H18N4OS. The largest absolute Gasteiger partial charge is 0.444 e. The zero-order chi connectivity index (χ0) is 15.6. The third kappa shape index (κ3) is 3.33. The van der Waals surface area contributed by atoms with Crippen molar-refractivity contribution in [3.63, 3.8) is 0 Å². The predicted octanol–water partition coefficient (Wildman–Crippen LogP) is 4.10. The molecule has 0 radical (unpaired) electrons. The van der Waals surface area contributed by atoms with E-state index in [1.807, 2.05) is 30.3 Å². The Kier molecular flexibility index (Phi) is 3.94. The number of aromatic nitrogens is 3. The van der Waals surface area contributed by atoms with Crippen LogP contribution in [-0.2, 0) is 12.0 Å². The maximum atomic E-state index is 5.51. The standard InChI is InChI=1S/C16H18N4OS/c1-16(2,3)14-19-15(22-20-14)17-9-12-10-21-13(18-12)11-7-5-4-6-8-11/h4-8,10H,9H2,1-3H3,(H,17,19,20). The summed E-state index contributed by atoms with van der Waals surface area (Å²) in [5, 5.41) is 4.04. The number of benzene rings is 1. The first-order chi connectivity index (χ1) is 10.5. The second-order valence-corrected chi connectivity index (χ2v) is 6.79. The third-order valence-corrected chi connectivity index (χ3v) is 3.76. The molecule has 0 fully saturated rings. The molecule has 0 amide bonds. The second-order valence-electron chi connectivity index (χ2n) is 6.04. The number of rotatable bonds is 4. The molecule has 1 aromatic carbocycles. The van der Waals surface area contributed by atoms with Gasteiger partial charge in [-0.3, -0.25) is 0 Å². The summed E-state index contributed by atoms with van der Waals surface area (Å²) in [4.78, 5) is 8.98. The average Bonchev–Trinajstić information content (AvgIpc) is 3.15. The summed E-state index contributed by atoms with van der Waals surface area (Å²) in [6.07, 6.45) is 1.67. The zero-order valence-corrected chi connectivity index (χ0v) is 13.6. The van der Waals surface area contributed by atoms with E-state index >= 15 is 0 Å². The van der Waals surface area contributed by atoms with E-state index in [0.717, 1.165) is 22.2 Å². The summed E-state index contributed by atoms with van der Waals surface area (Å²) in [5.41, 5.74) is 1.77. The number of oxazole rings is 1. The van der Waals surface area contributed by atoms with E-state index in [0.29, 0.717) is 12.4 Å². The van der Waals surface area contributed by atoms with Crippen molar-refractivity contribution in [1.29, 1.82) is 0 Å². The van der Waals surface area contributed by atoms with Gasteiger partial charge in [0.2, 0.25) is 11.0 Å². The topological polar surface area (TPSA) is 63.8 Å². The van der Waals surface area contributed by atoms with Crippen LogP contribution in [0.4, 0.5) is 5.13 Å². The Balaban J connectivity index is 1.65. The lowest BCUT2D eigenvalue weighted by Crippen LogP contribution is -2.13. The molecule has 2 aromatic heterocycles. The van der Waals surface area contributed by atoms with Crippen LogP contribution in [0, 0.1) is 0 Å². The summed E-state index contributed by atoms with van der Waals surface area (Å²) in [7, 11) is 0. The molecule has 0 spiro atoms. The van der Waals surface area contributed by atoms with Gasteiger partial charge in [-0.2, -0.15) is 4.37 Å². The van der Waals surface area contributed by atoms with Crippen molar-refractivity contribution in [3.8, 4) is 11.5 Å².